The van der Waals surface area contributed by atoms with Crippen molar-refractivity contribution in [3.63, 3.8) is 0 Å². The molecule has 0 fully saturated rings. The molecule has 26 heavy (non-hydrogen) atoms. The van der Waals surface area contributed by atoms with Crippen LogP contribution in [0.25, 0.3) is 11.3 Å². The highest BCUT2D eigenvalue weighted by atomic mass is 16.5. The van der Waals surface area contributed by atoms with E-state index in [0.717, 1.165) is 16.9 Å². The third-order valence-corrected chi connectivity index (χ3v) is 4.14. The smallest absolute Gasteiger partial charge is 0.255 e. The second-order valence-corrected chi connectivity index (χ2v) is 5.93. The highest BCUT2D eigenvalue weighted by Crippen LogP contribution is 2.23. The molecule has 0 saturated carbocycles. The van der Waals surface area contributed by atoms with Crippen LogP contribution in [0.5, 0.6) is 5.75 Å². The van der Waals surface area contributed by atoms with Crippen molar-refractivity contribution in [2.24, 2.45) is 0 Å². The van der Waals surface area contributed by atoms with Gasteiger partial charge in [-0.2, -0.15) is 5.10 Å². The van der Waals surface area contributed by atoms with Gasteiger partial charge in [0.05, 0.1) is 37.2 Å². The van der Waals surface area contributed by atoms with Crippen LogP contribution in [0.15, 0.2) is 60.8 Å². The van der Waals surface area contributed by atoms with E-state index in [1.54, 1.807) is 7.11 Å². The number of nitrogens with one attached hydrogen (secondary N) is 2. The van der Waals surface area contributed by atoms with E-state index >= 15 is 0 Å². The van der Waals surface area contributed by atoms with E-state index in [9.17, 15) is 9.90 Å². The SMILES string of the molecule is COc1ccc(-c2[nH]ncc2C(=O)N[C@@H](CO)Cc2ccccc2)cc1. The second-order valence-electron chi connectivity index (χ2n) is 5.93. The van der Waals surface area contributed by atoms with E-state index in [0.29, 0.717) is 17.7 Å². The Morgan fingerprint density at radius 3 is 2.58 bits per heavy atom. The number of aliphatic hydroxyl groups is 1. The molecule has 0 bridgehead atoms. The molecule has 0 aliphatic rings. The van der Waals surface area contributed by atoms with Crippen LogP contribution in [-0.2, 0) is 6.42 Å². The van der Waals surface area contributed by atoms with Gasteiger partial charge in [-0.1, -0.05) is 30.3 Å². The van der Waals surface area contributed by atoms with Gasteiger partial charge in [0.2, 0.25) is 0 Å². The Balaban J connectivity index is 1.74. The van der Waals surface area contributed by atoms with Crippen LogP contribution in [-0.4, -0.2) is 41.0 Å². The minimum Gasteiger partial charge on any atom is -0.497 e. The lowest BCUT2D eigenvalue weighted by Crippen LogP contribution is -2.39. The average molecular weight is 351 g/mol. The molecule has 6 nitrogen and oxygen atoms in total. The largest absolute Gasteiger partial charge is 0.497 e. The number of carbonyl (C=O) groups excluding carboxylic acids is 1. The Kier molecular flexibility index (Phi) is 5.66. The van der Waals surface area contributed by atoms with Crippen molar-refractivity contribution in [3.8, 4) is 17.0 Å². The van der Waals surface area contributed by atoms with Gasteiger partial charge in [-0.3, -0.25) is 9.89 Å². The maximum atomic E-state index is 12.7. The number of rotatable bonds is 7. The van der Waals surface area contributed by atoms with Gasteiger partial charge in [-0.05, 0) is 36.2 Å². The molecule has 0 aliphatic carbocycles. The van der Waals surface area contributed by atoms with Crippen molar-refractivity contribution in [3.05, 3.63) is 71.9 Å². The lowest BCUT2D eigenvalue weighted by Gasteiger charge is -2.16. The molecule has 3 rings (SSSR count). The first kappa shape index (κ1) is 17.7. The molecule has 1 heterocycles. The number of aromatic amines is 1. The number of nitrogens with zero attached hydrogens (tertiary/aromatic N) is 1. The summed E-state index contributed by atoms with van der Waals surface area (Å²) in [5.74, 6) is 0.460. The monoisotopic (exact) mass is 351 g/mol. The highest BCUT2D eigenvalue weighted by Gasteiger charge is 2.19. The first-order chi connectivity index (χ1) is 12.7. The maximum absolute atomic E-state index is 12.7. The zero-order valence-corrected chi connectivity index (χ0v) is 14.5. The Morgan fingerprint density at radius 2 is 1.92 bits per heavy atom. The van der Waals surface area contributed by atoms with Crippen LogP contribution in [0.4, 0.5) is 0 Å². The number of amides is 1. The van der Waals surface area contributed by atoms with E-state index in [2.05, 4.69) is 15.5 Å². The summed E-state index contributed by atoms with van der Waals surface area (Å²) in [7, 11) is 1.60. The van der Waals surface area contributed by atoms with Crippen molar-refractivity contribution >= 4 is 5.91 Å². The number of carbonyl (C=O) groups is 1. The third kappa shape index (κ3) is 4.10. The first-order valence-electron chi connectivity index (χ1n) is 8.34. The Labute approximate surface area is 151 Å². The fourth-order valence-corrected chi connectivity index (χ4v) is 2.76. The van der Waals surface area contributed by atoms with Crippen molar-refractivity contribution in [1.82, 2.24) is 15.5 Å². The van der Waals surface area contributed by atoms with Crippen LogP contribution < -0.4 is 10.1 Å². The summed E-state index contributed by atoms with van der Waals surface area (Å²) < 4.78 is 5.16. The molecule has 3 aromatic rings. The number of methoxy groups -OCH3 is 1. The molecule has 6 heteroatoms. The summed E-state index contributed by atoms with van der Waals surface area (Å²) in [6, 6.07) is 16.7. The van der Waals surface area contributed by atoms with Gasteiger partial charge in [-0.25, -0.2) is 0 Å². The lowest BCUT2D eigenvalue weighted by atomic mass is 10.0. The zero-order valence-electron chi connectivity index (χ0n) is 14.5. The summed E-state index contributed by atoms with van der Waals surface area (Å²) in [5.41, 5.74) is 2.94. The van der Waals surface area contributed by atoms with E-state index in [1.165, 1.54) is 6.20 Å². The Bertz CT molecular complexity index is 844. The van der Waals surface area contributed by atoms with E-state index in [1.807, 2.05) is 54.6 Å². The van der Waals surface area contributed by atoms with E-state index in [4.69, 9.17) is 4.74 Å². The summed E-state index contributed by atoms with van der Waals surface area (Å²) in [6.45, 7) is -0.143. The van der Waals surface area contributed by atoms with Gasteiger partial charge < -0.3 is 15.2 Å². The molecule has 1 aromatic heterocycles. The predicted octanol–water partition coefficient (Wildman–Crippen LogP) is 2.42. The van der Waals surface area contributed by atoms with Crippen molar-refractivity contribution in [2.45, 2.75) is 12.5 Å². The predicted molar refractivity (Wildman–Crippen MR) is 99.1 cm³/mol. The number of aliphatic hydroxyl groups excluding tert-OH is 1. The van der Waals surface area contributed by atoms with Gasteiger partial charge in [0.1, 0.15) is 5.75 Å². The fourth-order valence-electron chi connectivity index (χ4n) is 2.76. The molecule has 1 atom stereocenters. The third-order valence-electron chi connectivity index (χ3n) is 4.14. The van der Waals surface area contributed by atoms with Gasteiger partial charge in [0.15, 0.2) is 0 Å². The first-order valence-corrected chi connectivity index (χ1v) is 8.34. The number of benzene rings is 2. The Hall–Kier alpha value is -3.12. The molecular weight excluding hydrogens is 330 g/mol. The summed E-state index contributed by atoms with van der Waals surface area (Å²) >= 11 is 0. The zero-order chi connectivity index (χ0) is 18.4. The van der Waals surface area contributed by atoms with Crippen LogP contribution in [0.3, 0.4) is 0 Å². The topological polar surface area (TPSA) is 87.2 Å². The van der Waals surface area contributed by atoms with Gasteiger partial charge >= 0.3 is 0 Å². The summed E-state index contributed by atoms with van der Waals surface area (Å²) in [4.78, 5) is 12.7. The van der Waals surface area contributed by atoms with Crippen LogP contribution >= 0.6 is 0 Å². The standard InChI is InChI=1S/C20H21N3O3/c1-26-17-9-7-15(8-10-17)19-18(12-21-23-19)20(25)22-16(13-24)11-14-5-3-2-4-6-14/h2-10,12,16,24H,11,13H2,1H3,(H,21,23)(H,22,25)/t16-/m1/s1. The molecular formula is C20H21N3O3. The molecule has 1 amide bonds. The quantitative estimate of drug-likeness (QED) is 0.610. The Morgan fingerprint density at radius 1 is 1.19 bits per heavy atom. The minimum atomic E-state index is -0.372. The van der Waals surface area contributed by atoms with Gasteiger partial charge in [-0.15, -0.1) is 0 Å². The van der Waals surface area contributed by atoms with Crippen molar-refractivity contribution < 1.29 is 14.6 Å². The summed E-state index contributed by atoms with van der Waals surface area (Å²) in [5, 5.41) is 19.4. The van der Waals surface area contributed by atoms with Crippen molar-refractivity contribution in [2.75, 3.05) is 13.7 Å². The lowest BCUT2D eigenvalue weighted by molar-refractivity contribution is 0.0917. The average Bonchev–Trinajstić information content (AvgIpc) is 3.18. The molecule has 0 saturated heterocycles. The van der Waals surface area contributed by atoms with Crippen molar-refractivity contribution in [1.29, 1.82) is 0 Å². The van der Waals surface area contributed by atoms with Gasteiger partial charge in [0, 0.05) is 5.56 Å². The molecule has 0 unspecified atom stereocenters. The number of hydrogen-bond acceptors (Lipinski definition) is 4. The minimum absolute atomic E-state index is 0.143. The van der Waals surface area contributed by atoms with Crippen LogP contribution in [0, 0.1) is 0 Å². The summed E-state index contributed by atoms with van der Waals surface area (Å²) in [6.07, 6.45) is 2.05. The van der Waals surface area contributed by atoms with E-state index in [-0.39, 0.29) is 18.6 Å². The molecule has 0 spiro atoms. The number of ether oxygens (including phenoxy) is 1. The fraction of sp³-hybridized carbons (Fsp3) is 0.200. The normalized spacial score (nSPS) is 11.8. The second kappa shape index (κ2) is 8.31. The molecule has 134 valence electrons. The maximum Gasteiger partial charge on any atom is 0.255 e. The van der Waals surface area contributed by atoms with Crippen LogP contribution in [0.2, 0.25) is 0 Å². The van der Waals surface area contributed by atoms with Crippen LogP contribution in [0.1, 0.15) is 15.9 Å². The molecule has 0 aliphatic heterocycles. The molecule has 3 N–H and O–H groups in total. The van der Waals surface area contributed by atoms with Gasteiger partial charge in [0.25, 0.3) is 5.91 Å². The number of hydrogen-bond donors (Lipinski definition) is 3. The molecule has 0 radical (unpaired) electrons. The van der Waals surface area contributed by atoms with E-state index < -0.39 is 0 Å². The number of aromatic nitrogens is 2. The number of H-pyrrole nitrogens is 1. The molecule has 2 aromatic carbocycles. The highest BCUT2D eigenvalue weighted by molar-refractivity contribution is 5.99.